The molecular formula is C27H21N3O2S2. The first kappa shape index (κ1) is 22.1. The molecule has 34 heavy (non-hydrogen) atoms. The normalized spacial score (nSPS) is 14.7. The summed E-state index contributed by atoms with van der Waals surface area (Å²) < 4.78 is 8.30. The number of thioether (sulfide) groups is 1. The predicted molar refractivity (Wildman–Crippen MR) is 141 cm³/mol. The quantitative estimate of drug-likeness (QED) is 0.251. The Morgan fingerprint density at radius 3 is 2.29 bits per heavy atom. The molecule has 3 aromatic carbocycles. The molecule has 0 spiro atoms. The van der Waals surface area contributed by atoms with Gasteiger partial charge < -0.3 is 4.74 Å². The van der Waals surface area contributed by atoms with Crippen molar-refractivity contribution in [2.24, 2.45) is 0 Å². The van der Waals surface area contributed by atoms with Gasteiger partial charge in [0.15, 0.2) is 0 Å². The van der Waals surface area contributed by atoms with Crippen LogP contribution in [0, 0.1) is 0 Å². The Balaban J connectivity index is 1.47. The van der Waals surface area contributed by atoms with Crippen LogP contribution < -0.4 is 4.74 Å². The number of carbonyl (C=O) groups excluding carboxylic acids is 1. The molecule has 1 aliphatic rings. The Kier molecular flexibility index (Phi) is 6.29. The van der Waals surface area contributed by atoms with E-state index in [2.05, 4.69) is 0 Å². The molecule has 168 valence electrons. The Morgan fingerprint density at radius 2 is 1.65 bits per heavy atom. The van der Waals surface area contributed by atoms with E-state index in [0.717, 1.165) is 33.8 Å². The van der Waals surface area contributed by atoms with Crippen LogP contribution in [0.5, 0.6) is 5.75 Å². The molecule has 7 heteroatoms. The molecule has 1 saturated heterocycles. The number of hydrogen-bond acceptors (Lipinski definition) is 5. The van der Waals surface area contributed by atoms with Gasteiger partial charge in [0.1, 0.15) is 16.7 Å². The number of carbonyl (C=O) groups is 1. The summed E-state index contributed by atoms with van der Waals surface area (Å²) in [5.41, 5.74) is 4.61. The highest BCUT2D eigenvalue weighted by Crippen LogP contribution is 2.34. The zero-order valence-corrected chi connectivity index (χ0v) is 20.1. The summed E-state index contributed by atoms with van der Waals surface area (Å²) in [7, 11) is 1.70. The van der Waals surface area contributed by atoms with Crippen LogP contribution in [0.25, 0.3) is 23.0 Å². The van der Waals surface area contributed by atoms with Gasteiger partial charge in [-0.1, -0.05) is 72.5 Å². The third-order valence-electron chi connectivity index (χ3n) is 5.41. The number of amides is 1. The largest absolute Gasteiger partial charge is 0.489 e. The van der Waals surface area contributed by atoms with Gasteiger partial charge in [-0.2, -0.15) is 5.10 Å². The van der Waals surface area contributed by atoms with Crippen molar-refractivity contribution in [1.29, 1.82) is 0 Å². The fourth-order valence-electron chi connectivity index (χ4n) is 3.57. The van der Waals surface area contributed by atoms with E-state index in [1.165, 1.54) is 16.7 Å². The molecule has 0 N–H and O–H groups in total. The Labute approximate surface area is 207 Å². The van der Waals surface area contributed by atoms with Gasteiger partial charge >= 0.3 is 0 Å². The van der Waals surface area contributed by atoms with Crippen LogP contribution in [0.1, 0.15) is 11.1 Å². The molecule has 1 aliphatic heterocycles. The molecule has 0 aliphatic carbocycles. The first-order valence-corrected chi connectivity index (χ1v) is 11.9. The van der Waals surface area contributed by atoms with Crippen molar-refractivity contribution in [3.63, 3.8) is 0 Å². The van der Waals surface area contributed by atoms with E-state index >= 15 is 0 Å². The lowest BCUT2D eigenvalue weighted by molar-refractivity contribution is -0.121. The number of benzene rings is 3. The van der Waals surface area contributed by atoms with Crippen LogP contribution in [0.3, 0.4) is 0 Å². The van der Waals surface area contributed by atoms with E-state index in [9.17, 15) is 4.79 Å². The van der Waals surface area contributed by atoms with Crippen LogP contribution in [-0.2, 0) is 11.4 Å². The number of thiocarbonyl (C=S) groups is 1. The minimum atomic E-state index is -0.0990. The van der Waals surface area contributed by atoms with Crippen molar-refractivity contribution in [1.82, 2.24) is 14.7 Å². The number of hydrogen-bond donors (Lipinski definition) is 0. The van der Waals surface area contributed by atoms with Crippen molar-refractivity contribution >= 4 is 40.3 Å². The van der Waals surface area contributed by atoms with Gasteiger partial charge in [-0.3, -0.25) is 9.69 Å². The Bertz CT molecular complexity index is 1360. The topological polar surface area (TPSA) is 47.4 Å². The minimum absolute atomic E-state index is 0.0990. The van der Waals surface area contributed by atoms with Crippen molar-refractivity contribution in [3.8, 4) is 22.7 Å². The first-order valence-electron chi connectivity index (χ1n) is 10.7. The number of rotatable bonds is 6. The molecular weight excluding hydrogens is 462 g/mol. The highest BCUT2D eigenvalue weighted by molar-refractivity contribution is 8.26. The molecule has 0 unspecified atom stereocenters. The number of aromatic nitrogens is 2. The SMILES string of the molecule is CN1C(=O)/C(=C/c2cn(-c3ccccc3)nc2-c2ccc(OCc3ccccc3)cc2)SC1=S. The summed E-state index contributed by atoms with van der Waals surface area (Å²) in [6, 6.07) is 27.8. The molecule has 5 rings (SSSR count). The summed E-state index contributed by atoms with van der Waals surface area (Å²) in [4.78, 5) is 14.7. The van der Waals surface area contributed by atoms with Crippen LogP contribution in [0.4, 0.5) is 0 Å². The molecule has 0 radical (unpaired) electrons. The molecule has 1 amide bonds. The first-order chi connectivity index (χ1) is 16.6. The number of nitrogens with zero attached hydrogens (tertiary/aromatic N) is 3. The average Bonchev–Trinajstić information content (AvgIpc) is 3.41. The van der Waals surface area contributed by atoms with Crippen LogP contribution in [-0.4, -0.2) is 32.0 Å². The molecule has 1 aromatic heterocycles. The van der Waals surface area contributed by atoms with E-state index in [1.807, 2.05) is 102 Å². The van der Waals surface area contributed by atoms with E-state index in [1.54, 1.807) is 7.05 Å². The third kappa shape index (κ3) is 4.66. The van der Waals surface area contributed by atoms with Crippen LogP contribution in [0.15, 0.2) is 96.0 Å². The van der Waals surface area contributed by atoms with Crippen molar-refractivity contribution in [3.05, 3.63) is 107 Å². The summed E-state index contributed by atoms with van der Waals surface area (Å²) in [5.74, 6) is 0.682. The lowest BCUT2D eigenvalue weighted by atomic mass is 10.1. The molecule has 5 nitrogen and oxygen atoms in total. The number of ether oxygens (including phenoxy) is 1. The maximum Gasteiger partial charge on any atom is 0.265 e. The maximum absolute atomic E-state index is 12.6. The molecule has 0 saturated carbocycles. The molecule has 0 atom stereocenters. The molecule has 0 bridgehead atoms. The van der Waals surface area contributed by atoms with Gasteiger partial charge in [-0.05, 0) is 48.0 Å². The summed E-state index contributed by atoms with van der Waals surface area (Å²) in [6.07, 6.45) is 3.80. The van der Waals surface area contributed by atoms with Gasteiger partial charge in [0.2, 0.25) is 0 Å². The number of para-hydroxylation sites is 1. The Morgan fingerprint density at radius 1 is 0.971 bits per heavy atom. The van der Waals surface area contributed by atoms with Gasteiger partial charge in [0.05, 0.1) is 16.3 Å². The van der Waals surface area contributed by atoms with E-state index in [0.29, 0.717) is 15.8 Å². The highest BCUT2D eigenvalue weighted by atomic mass is 32.2. The standard InChI is InChI=1S/C27H21N3O2S2/c1-29-26(31)24(34-27(29)33)16-21-17-30(22-10-6-3-7-11-22)28-25(21)20-12-14-23(15-13-20)32-18-19-8-4-2-5-9-19/h2-17H,18H2,1H3/b24-16-. The fraction of sp³-hybridized carbons (Fsp3) is 0.0741. The third-order valence-corrected chi connectivity index (χ3v) is 6.90. The van der Waals surface area contributed by atoms with E-state index in [4.69, 9.17) is 22.1 Å². The summed E-state index contributed by atoms with van der Waals surface area (Å²) in [5, 5.41) is 4.84. The Hall–Kier alpha value is -3.68. The number of likely N-dealkylation sites (N-methyl/N-ethyl adjacent to an activating group) is 1. The van der Waals surface area contributed by atoms with Gasteiger partial charge in [0, 0.05) is 24.4 Å². The second kappa shape index (κ2) is 9.67. The fourth-order valence-corrected chi connectivity index (χ4v) is 4.74. The maximum atomic E-state index is 12.6. The van der Waals surface area contributed by atoms with Crippen LogP contribution in [0.2, 0.25) is 0 Å². The minimum Gasteiger partial charge on any atom is -0.489 e. The highest BCUT2D eigenvalue weighted by Gasteiger charge is 2.29. The monoisotopic (exact) mass is 483 g/mol. The molecule has 4 aromatic rings. The smallest absolute Gasteiger partial charge is 0.265 e. The summed E-state index contributed by atoms with van der Waals surface area (Å²) in [6.45, 7) is 0.507. The predicted octanol–water partition coefficient (Wildman–Crippen LogP) is 5.95. The second-order valence-corrected chi connectivity index (χ2v) is 9.43. The second-order valence-electron chi connectivity index (χ2n) is 7.75. The van der Waals surface area contributed by atoms with Gasteiger partial charge in [-0.15, -0.1) is 0 Å². The van der Waals surface area contributed by atoms with Gasteiger partial charge in [0.25, 0.3) is 5.91 Å². The van der Waals surface area contributed by atoms with Crippen molar-refractivity contribution < 1.29 is 9.53 Å². The lowest BCUT2D eigenvalue weighted by Gasteiger charge is -2.07. The molecule has 2 heterocycles. The summed E-state index contributed by atoms with van der Waals surface area (Å²) >= 11 is 6.59. The zero-order valence-electron chi connectivity index (χ0n) is 18.4. The lowest BCUT2D eigenvalue weighted by Crippen LogP contribution is -2.22. The van der Waals surface area contributed by atoms with Gasteiger partial charge in [-0.25, -0.2) is 4.68 Å². The average molecular weight is 484 g/mol. The van der Waals surface area contributed by atoms with Crippen molar-refractivity contribution in [2.75, 3.05) is 7.05 Å². The van der Waals surface area contributed by atoms with E-state index < -0.39 is 0 Å². The zero-order chi connectivity index (χ0) is 23.5. The van der Waals surface area contributed by atoms with E-state index in [-0.39, 0.29) is 5.91 Å². The van der Waals surface area contributed by atoms with Crippen LogP contribution >= 0.6 is 24.0 Å². The van der Waals surface area contributed by atoms with Crippen molar-refractivity contribution in [2.45, 2.75) is 6.61 Å². The molecule has 1 fully saturated rings.